The quantitative estimate of drug-likeness (QED) is 0.613. The van der Waals surface area contributed by atoms with Crippen molar-refractivity contribution in [2.24, 2.45) is 5.84 Å². The van der Waals surface area contributed by atoms with Crippen LogP contribution in [0.5, 0.6) is 0 Å². The SMILES string of the molecule is Cc1nc(NN)nnc1-c1ccc(Cl)cc1. The maximum Gasteiger partial charge on any atom is 0.257 e. The molecule has 3 N–H and O–H groups in total. The van der Waals surface area contributed by atoms with Crippen LogP contribution < -0.4 is 11.3 Å². The van der Waals surface area contributed by atoms with Crippen LogP contribution in [0.1, 0.15) is 5.69 Å². The molecule has 0 spiro atoms. The number of hydrogen-bond acceptors (Lipinski definition) is 5. The number of benzene rings is 1. The smallest absolute Gasteiger partial charge is 0.257 e. The molecule has 16 heavy (non-hydrogen) atoms. The van der Waals surface area contributed by atoms with Crippen LogP contribution >= 0.6 is 11.6 Å². The molecule has 0 saturated heterocycles. The van der Waals surface area contributed by atoms with Gasteiger partial charge in [0.15, 0.2) is 0 Å². The lowest BCUT2D eigenvalue weighted by molar-refractivity contribution is 0.942. The van der Waals surface area contributed by atoms with Crippen molar-refractivity contribution in [3.05, 3.63) is 35.0 Å². The van der Waals surface area contributed by atoms with Crippen LogP contribution in [0.4, 0.5) is 5.95 Å². The number of hydrogen-bond donors (Lipinski definition) is 2. The molecule has 1 aromatic carbocycles. The molecule has 0 radical (unpaired) electrons. The number of anilines is 1. The fourth-order valence-electron chi connectivity index (χ4n) is 1.34. The molecule has 6 heteroatoms. The number of aromatic nitrogens is 3. The lowest BCUT2D eigenvalue weighted by Gasteiger charge is -2.04. The van der Waals surface area contributed by atoms with E-state index in [4.69, 9.17) is 17.4 Å². The summed E-state index contributed by atoms with van der Waals surface area (Å²) >= 11 is 5.81. The van der Waals surface area contributed by atoms with Gasteiger partial charge < -0.3 is 0 Å². The molecule has 0 bridgehead atoms. The zero-order chi connectivity index (χ0) is 11.5. The molecule has 5 nitrogen and oxygen atoms in total. The molecule has 2 rings (SSSR count). The first kappa shape index (κ1) is 10.8. The molecule has 0 unspecified atom stereocenters. The highest BCUT2D eigenvalue weighted by atomic mass is 35.5. The van der Waals surface area contributed by atoms with E-state index < -0.39 is 0 Å². The van der Waals surface area contributed by atoms with Gasteiger partial charge in [-0.1, -0.05) is 23.7 Å². The third-order valence-electron chi connectivity index (χ3n) is 2.11. The maximum atomic E-state index is 5.81. The Morgan fingerprint density at radius 3 is 2.44 bits per heavy atom. The third kappa shape index (κ3) is 2.10. The molecule has 0 amide bonds. The molecule has 82 valence electrons. The fraction of sp³-hybridized carbons (Fsp3) is 0.100. The predicted molar refractivity (Wildman–Crippen MR) is 62.8 cm³/mol. The first-order chi connectivity index (χ1) is 7.70. The van der Waals surface area contributed by atoms with Crippen LogP contribution in [0.3, 0.4) is 0 Å². The van der Waals surface area contributed by atoms with Crippen LogP contribution in [-0.4, -0.2) is 15.2 Å². The Morgan fingerprint density at radius 2 is 1.88 bits per heavy atom. The molecule has 0 saturated carbocycles. The summed E-state index contributed by atoms with van der Waals surface area (Å²) in [5, 5.41) is 8.56. The maximum absolute atomic E-state index is 5.81. The average molecular weight is 236 g/mol. The summed E-state index contributed by atoms with van der Waals surface area (Å²) < 4.78 is 0. The minimum absolute atomic E-state index is 0.301. The van der Waals surface area contributed by atoms with E-state index >= 15 is 0 Å². The number of nitrogens with zero attached hydrogens (tertiary/aromatic N) is 3. The number of aryl methyl sites for hydroxylation is 1. The van der Waals surface area contributed by atoms with Crippen molar-refractivity contribution in [2.45, 2.75) is 6.92 Å². The van der Waals surface area contributed by atoms with E-state index in [9.17, 15) is 0 Å². The Kier molecular flexibility index (Phi) is 2.98. The zero-order valence-corrected chi connectivity index (χ0v) is 9.36. The zero-order valence-electron chi connectivity index (χ0n) is 8.61. The lowest BCUT2D eigenvalue weighted by Crippen LogP contribution is -2.12. The normalized spacial score (nSPS) is 10.2. The van der Waals surface area contributed by atoms with E-state index in [1.165, 1.54) is 0 Å². The molecule has 1 heterocycles. The molecule has 0 aliphatic rings. The van der Waals surface area contributed by atoms with Crippen LogP contribution in [0.2, 0.25) is 5.02 Å². The molecule has 2 aromatic rings. The van der Waals surface area contributed by atoms with Crippen molar-refractivity contribution < 1.29 is 0 Å². The Balaban J connectivity index is 2.44. The molecule has 0 atom stereocenters. The summed E-state index contributed by atoms with van der Waals surface area (Å²) in [5.41, 5.74) is 4.74. The highest BCUT2D eigenvalue weighted by Crippen LogP contribution is 2.21. The second-order valence-electron chi connectivity index (χ2n) is 3.22. The van der Waals surface area contributed by atoms with E-state index in [1.807, 2.05) is 19.1 Å². The van der Waals surface area contributed by atoms with E-state index in [0.717, 1.165) is 17.0 Å². The number of rotatable bonds is 2. The third-order valence-corrected chi connectivity index (χ3v) is 2.36. The van der Waals surface area contributed by atoms with E-state index in [0.29, 0.717) is 11.0 Å². The summed E-state index contributed by atoms with van der Waals surface area (Å²) in [7, 11) is 0. The van der Waals surface area contributed by atoms with E-state index in [2.05, 4.69) is 20.6 Å². The molecule has 0 fully saturated rings. The van der Waals surface area contributed by atoms with E-state index in [1.54, 1.807) is 12.1 Å². The number of nitrogens with two attached hydrogens (primary N) is 1. The van der Waals surface area contributed by atoms with Gasteiger partial charge in [-0.2, -0.15) is 0 Å². The summed E-state index contributed by atoms with van der Waals surface area (Å²) in [4.78, 5) is 4.15. The summed E-state index contributed by atoms with van der Waals surface area (Å²) in [6, 6.07) is 7.34. The van der Waals surface area contributed by atoms with Gasteiger partial charge in [-0.15, -0.1) is 10.2 Å². The lowest BCUT2D eigenvalue weighted by atomic mass is 10.1. The fourth-order valence-corrected chi connectivity index (χ4v) is 1.47. The van der Waals surface area contributed by atoms with Gasteiger partial charge in [-0.25, -0.2) is 10.8 Å². The van der Waals surface area contributed by atoms with Crippen molar-refractivity contribution in [3.8, 4) is 11.3 Å². The first-order valence-corrected chi connectivity index (χ1v) is 5.02. The van der Waals surface area contributed by atoms with Gasteiger partial charge in [0.25, 0.3) is 5.95 Å². The van der Waals surface area contributed by atoms with Crippen LogP contribution in [-0.2, 0) is 0 Å². The van der Waals surface area contributed by atoms with Crippen molar-refractivity contribution in [1.82, 2.24) is 15.2 Å². The Hall–Kier alpha value is -1.72. The number of halogens is 1. The molecule has 0 aliphatic carbocycles. The highest BCUT2D eigenvalue weighted by molar-refractivity contribution is 6.30. The van der Waals surface area contributed by atoms with Gasteiger partial charge in [0, 0.05) is 10.6 Å². The number of hydrazine groups is 1. The summed E-state index contributed by atoms with van der Waals surface area (Å²) in [6.07, 6.45) is 0. The second kappa shape index (κ2) is 4.42. The topological polar surface area (TPSA) is 76.7 Å². The van der Waals surface area contributed by atoms with Crippen molar-refractivity contribution in [3.63, 3.8) is 0 Å². The van der Waals surface area contributed by atoms with Crippen LogP contribution in [0, 0.1) is 6.92 Å². The Bertz CT molecular complexity index is 497. The minimum atomic E-state index is 0.301. The summed E-state index contributed by atoms with van der Waals surface area (Å²) in [6.45, 7) is 1.85. The Labute approximate surface area is 97.6 Å². The first-order valence-electron chi connectivity index (χ1n) is 4.64. The largest absolute Gasteiger partial charge is 0.291 e. The van der Waals surface area contributed by atoms with Crippen molar-refractivity contribution in [2.75, 3.05) is 5.43 Å². The monoisotopic (exact) mass is 235 g/mol. The van der Waals surface area contributed by atoms with Gasteiger partial charge in [-0.3, -0.25) is 5.43 Å². The summed E-state index contributed by atoms with van der Waals surface area (Å²) in [5.74, 6) is 5.50. The number of nitrogen functional groups attached to an aromatic ring is 1. The van der Waals surface area contributed by atoms with Crippen LogP contribution in [0.25, 0.3) is 11.3 Å². The van der Waals surface area contributed by atoms with Gasteiger partial charge in [-0.05, 0) is 19.1 Å². The average Bonchev–Trinajstić information content (AvgIpc) is 2.30. The standard InChI is InChI=1S/C10H10ClN5/c1-6-9(15-16-10(13-6)14-12)7-2-4-8(11)5-3-7/h2-5H,12H2,1H3,(H,13,14,16). The second-order valence-corrected chi connectivity index (χ2v) is 3.66. The van der Waals surface area contributed by atoms with Gasteiger partial charge >= 0.3 is 0 Å². The van der Waals surface area contributed by atoms with E-state index in [-0.39, 0.29) is 0 Å². The van der Waals surface area contributed by atoms with Gasteiger partial charge in [0.2, 0.25) is 0 Å². The Morgan fingerprint density at radius 1 is 1.19 bits per heavy atom. The molecule has 0 aliphatic heterocycles. The number of nitrogens with one attached hydrogen (secondary N) is 1. The van der Waals surface area contributed by atoms with Crippen molar-refractivity contribution >= 4 is 17.5 Å². The predicted octanol–water partition coefficient (Wildman–Crippen LogP) is 1.79. The van der Waals surface area contributed by atoms with Crippen LogP contribution in [0.15, 0.2) is 24.3 Å². The highest BCUT2D eigenvalue weighted by Gasteiger charge is 2.06. The molecular formula is C10H10ClN5. The van der Waals surface area contributed by atoms with Gasteiger partial charge in [0.1, 0.15) is 5.69 Å². The van der Waals surface area contributed by atoms with Gasteiger partial charge in [0.05, 0.1) is 5.69 Å². The minimum Gasteiger partial charge on any atom is -0.291 e. The molecular weight excluding hydrogens is 226 g/mol. The molecule has 1 aromatic heterocycles. The van der Waals surface area contributed by atoms with Crippen molar-refractivity contribution in [1.29, 1.82) is 0 Å².